The molecule has 0 aliphatic rings. The molecule has 1 aromatic heterocycles. The topological polar surface area (TPSA) is 66.7 Å². The second-order valence-electron chi connectivity index (χ2n) is 2.66. The molecule has 4 N–H and O–H groups in total. The zero-order chi connectivity index (χ0) is 9.10. The third-order valence-electron chi connectivity index (χ3n) is 1.82. The Morgan fingerprint density at radius 3 is 2.43 bits per heavy atom. The molecule has 0 bridgehead atoms. The van der Waals surface area contributed by atoms with Gasteiger partial charge in [0.25, 0.3) is 0 Å². The van der Waals surface area contributed by atoms with E-state index in [2.05, 4.69) is 15.4 Å². The van der Waals surface area contributed by atoms with E-state index in [0.29, 0.717) is 0 Å². The number of hydrogen-bond acceptors (Lipinski definition) is 3. The maximum Gasteiger partial charge on any atom is 0.137 e. The monoisotopic (exact) mass is 210 g/mol. The number of benzene rings is 1. The number of imidazole rings is 1. The van der Waals surface area contributed by atoms with Crippen molar-refractivity contribution >= 4 is 18.1 Å². The maximum absolute atomic E-state index is 5.25. The van der Waals surface area contributed by atoms with Crippen molar-refractivity contribution in [3.63, 3.8) is 0 Å². The van der Waals surface area contributed by atoms with Crippen LogP contribution in [0, 0.1) is 0 Å². The Labute approximate surface area is 87.9 Å². The summed E-state index contributed by atoms with van der Waals surface area (Å²) in [5, 5.41) is 0. The molecule has 0 aliphatic heterocycles. The first-order valence-electron chi connectivity index (χ1n) is 3.96. The molecule has 0 saturated heterocycles. The lowest BCUT2D eigenvalue weighted by Gasteiger charge is -2.00. The Morgan fingerprint density at radius 2 is 1.93 bits per heavy atom. The van der Waals surface area contributed by atoms with Crippen LogP contribution in [0.4, 0.5) is 5.69 Å². The van der Waals surface area contributed by atoms with Crippen LogP contribution >= 0.6 is 12.4 Å². The molecule has 0 aliphatic carbocycles. The summed E-state index contributed by atoms with van der Waals surface area (Å²) in [5.41, 5.74) is 4.50. The normalized spacial score (nSPS) is 9.21. The van der Waals surface area contributed by atoms with E-state index in [1.165, 1.54) is 0 Å². The van der Waals surface area contributed by atoms with E-state index in [9.17, 15) is 0 Å². The van der Waals surface area contributed by atoms with Crippen LogP contribution in [-0.4, -0.2) is 9.97 Å². The lowest BCUT2D eigenvalue weighted by atomic mass is 10.2. The van der Waals surface area contributed by atoms with Gasteiger partial charge in [0.2, 0.25) is 0 Å². The first-order chi connectivity index (χ1) is 6.40. The summed E-state index contributed by atoms with van der Waals surface area (Å²) < 4.78 is 0. The quantitative estimate of drug-likeness (QED) is 0.523. The van der Waals surface area contributed by atoms with Crippen molar-refractivity contribution in [1.29, 1.82) is 0 Å². The van der Waals surface area contributed by atoms with Crippen molar-refractivity contribution in [3.8, 4) is 11.4 Å². The predicted octanol–water partition coefficient (Wildman–Crippen LogP) is 1.78. The Bertz CT molecular complexity index is 368. The van der Waals surface area contributed by atoms with E-state index in [4.69, 9.17) is 5.84 Å². The molecule has 74 valence electrons. The average Bonchev–Trinajstić information content (AvgIpc) is 2.71. The number of aromatic amines is 1. The number of nitrogen functional groups attached to an aromatic ring is 1. The van der Waals surface area contributed by atoms with Crippen molar-refractivity contribution in [2.75, 3.05) is 5.43 Å². The maximum atomic E-state index is 5.25. The Balaban J connectivity index is 0.000000980. The smallest absolute Gasteiger partial charge is 0.137 e. The minimum absolute atomic E-state index is 0. The number of anilines is 1. The molecular formula is C9H11ClN4. The summed E-state index contributed by atoms with van der Waals surface area (Å²) in [6.07, 6.45) is 3.52. The lowest BCUT2D eigenvalue weighted by molar-refractivity contribution is 1.30. The summed E-state index contributed by atoms with van der Waals surface area (Å²) in [6.45, 7) is 0. The van der Waals surface area contributed by atoms with Gasteiger partial charge in [-0.3, -0.25) is 5.84 Å². The Morgan fingerprint density at radius 1 is 1.21 bits per heavy atom. The van der Waals surface area contributed by atoms with Gasteiger partial charge in [-0.25, -0.2) is 4.98 Å². The van der Waals surface area contributed by atoms with Gasteiger partial charge in [-0.15, -0.1) is 12.4 Å². The van der Waals surface area contributed by atoms with Crippen molar-refractivity contribution in [1.82, 2.24) is 9.97 Å². The number of hydrazine groups is 1. The molecule has 0 amide bonds. The first kappa shape index (κ1) is 10.6. The fourth-order valence-corrected chi connectivity index (χ4v) is 1.15. The zero-order valence-corrected chi connectivity index (χ0v) is 8.21. The van der Waals surface area contributed by atoms with Gasteiger partial charge in [-0.1, -0.05) is 0 Å². The van der Waals surface area contributed by atoms with Crippen molar-refractivity contribution < 1.29 is 0 Å². The van der Waals surface area contributed by atoms with Crippen LogP contribution in [0.3, 0.4) is 0 Å². The highest BCUT2D eigenvalue weighted by Crippen LogP contribution is 2.16. The third kappa shape index (κ3) is 2.04. The predicted molar refractivity (Wildman–Crippen MR) is 59.1 cm³/mol. The largest absolute Gasteiger partial charge is 0.345 e. The number of H-pyrrole nitrogens is 1. The zero-order valence-electron chi connectivity index (χ0n) is 7.40. The van der Waals surface area contributed by atoms with E-state index < -0.39 is 0 Å². The van der Waals surface area contributed by atoms with Crippen molar-refractivity contribution in [3.05, 3.63) is 36.7 Å². The van der Waals surface area contributed by atoms with E-state index in [-0.39, 0.29) is 12.4 Å². The number of halogens is 1. The molecule has 5 heteroatoms. The molecule has 14 heavy (non-hydrogen) atoms. The number of rotatable bonds is 2. The molecule has 2 aromatic rings. The van der Waals surface area contributed by atoms with E-state index >= 15 is 0 Å². The van der Waals surface area contributed by atoms with Gasteiger partial charge in [-0.2, -0.15) is 0 Å². The lowest BCUT2D eigenvalue weighted by Crippen LogP contribution is -2.05. The van der Waals surface area contributed by atoms with Crippen LogP contribution in [0.5, 0.6) is 0 Å². The molecule has 1 aromatic carbocycles. The molecule has 0 radical (unpaired) electrons. The van der Waals surface area contributed by atoms with Crippen LogP contribution in [-0.2, 0) is 0 Å². The first-order valence-corrected chi connectivity index (χ1v) is 3.96. The molecule has 4 nitrogen and oxygen atoms in total. The van der Waals surface area contributed by atoms with Gasteiger partial charge >= 0.3 is 0 Å². The second kappa shape index (κ2) is 4.64. The third-order valence-corrected chi connectivity index (χ3v) is 1.82. The Kier molecular flexibility index (Phi) is 3.50. The number of nitrogens with two attached hydrogens (primary N) is 1. The van der Waals surface area contributed by atoms with Crippen molar-refractivity contribution in [2.24, 2.45) is 5.84 Å². The van der Waals surface area contributed by atoms with Gasteiger partial charge in [0.15, 0.2) is 0 Å². The van der Waals surface area contributed by atoms with Gasteiger partial charge in [0.05, 0.1) is 0 Å². The fraction of sp³-hybridized carbons (Fsp3) is 0. The van der Waals surface area contributed by atoms with Gasteiger partial charge in [0, 0.05) is 23.6 Å². The molecule has 0 unspecified atom stereocenters. The number of nitrogens with one attached hydrogen (secondary N) is 2. The average molecular weight is 211 g/mol. The molecule has 2 rings (SSSR count). The molecule has 0 fully saturated rings. The summed E-state index contributed by atoms with van der Waals surface area (Å²) in [5.74, 6) is 6.11. The van der Waals surface area contributed by atoms with Crippen LogP contribution in [0.2, 0.25) is 0 Å². The van der Waals surface area contributed by atoms with E-state index in [0.717, 1.165) is 17.1 Å². The molecule has 0 spiro atoms. The number of aromatic nitrogens is 2. The van der Waals surface area contributed by atoms with Crippen LogP contribution in [0.25, 0.3) is 11.4 Å². The Hall–Kier alpha value is -1.52. The van der Waals surface area contributed by atoms with Crippen molar-refractivity contribution in [2.45, 2.75) is 0 Å². The standard InChI is InChI=1S/C9H10N4.ClH/c10-13-8-3-1-7(2-4-8)9-11-5-6-12-9;/h1-6,13H,10H2,(H,11,12);1H. The van der Waals surface area contributed by atoms with Crippen LogP contribution < -0.4 is 11.3 Å². The molecular weight excluding hydrogens is 200 g/mol. The van der Waals surface area contributed by atoms with Gasteiger partial charge < -0.3 is 10.4 Å². The summed E-state index contributed by atoms with van der Waals surface area (Å²) in [7, 11) is 0. The number of nitrogens with zero attached hydrogens (tertiary/aromatic N) is 1. The minimum Gasteiger partial charge on any atom is -0.345 e. The van der Waals surface area contributed by atoms with Crippen LogP contribution in [0.1, 0.15) is 0 Å². The molecule has 0 atom stereocenters. The van der Waals surface area contributed by atoms with Crippen LogP contribution in [0.15, 0.2) is 36.7 Å². The molecule has 0 saturated carbocycles. The van der Waals surface area contributed by atoms with Gasteiger partial charge in [0.1, 0.15) is 5.82 Å². The summed E-state index contributed by atoms with van der Waals surface area (Å²) >= 11 is 0. The van der Waals surface area contributed by atoms with Gasteiger partial charge in [-0.05, 0) is 24.3 Å². The van der Waals surface area contributed by atoms with E-state index in [1.54, 1.807) is 12.4 Å². The highest BCUT2D eigenvalue weighted by molar-refractivity contribution is 5.85. The second-order valence-corrected chi connectivity index (χ2v) is 2.66. The number of hydrogen-bond donors (Lipinski definition) is 3. The highest BCUT2D eigenvalue weighted by atomic mass is 35.5. The fourth-order valence-electron chi connectivity index (χ4n) is 1.15. The SMILES string of the molecule is Cl.NNc1ccc(-c2ncc[nH]2)cc1. The highest BCUT2D eigenvalue weighted by Gasteiger charge is 1.97. The molecule has 1 heterocycles. The minimum atomic E-state index is 0. The summed E-state index contributed by atoms with van der Waals surface area (Å²) in [6, 6.07) is 7.71. The summed E-state index contributed by atoms with van der Waals surface area (Å²) in [4.78, 5) is 7.16. The van der Waals surface area contributed by atoms with E-state index in [1.807, 2.05) is 24.3 Å².